The standard InChI is InChI=1S/C18H14ClNO4/c1-23-17-9-12(6-7-16(17)24-11-18(21)22)8-13(10-20)14-4-2-3-5-15(14)19/h2-9H,11H2,1H3,(H,21,22). The number of hydrogen-bond acceptors (Lipinski definition) is 4. The lowest BCUT2D eigenvalue weighted by Gasteiger charge is -2.10. The van der Waals surface area contributed by atoms with Crippen molar-refractivity contribution >= 4 is 29.2 Å². The van der Waals surface area contributed by atoms with Gasteiger partial charge in [-0.15, -0.1) is 0 Å². The van der Waals surface area contributed by atoms with Gasteiger partial charge in [-0.05, 0) is 29.8 Å². The monoisotopic (exact) mass is 343 g/mol. The summed E-state index contributed by atoms with van der Waals surface area (Å²) in [5.41, 5.74) is 1.74. The number of rotatable bonds is 6. The molecular formula is C18H14ClNO4. The van der Waals surface area contributed by atoms with E-state index in [0.717, 1.165) is 0 Å². The summed E-state index contributed by atoms with van der Waals surface area (Å²) in [6, 6.07) is 14.1. The van der Waals surface area contributed by atoms with Crippen molar-refractivity contribution in [1.29, 1.82) is 5.26 Å². The lowest BCUT2D eigenvalue weighted by Crippen LogP contribution is -2.10. The van der Waals surface area contributed by atoms with Crippen LogP contribution in [0.5, 0.6) is 11.5 Å². The maximum atomic E-state index is 10.6. The van der Waals surface area contributed by atoms with Gasteiger partial charge in [-0.1, -0.05) is 35.9 Å². The summed E-state index contributed by atoms with van der Waals surface area (Å²) >= 11 is 6.13. The van der Waals surface area contributed by atoms with Crippen molar-refractivity contribution in [3.05, 3.63) is 58.6 Å². The number of carboxylic acid groups (broad SMARTS) is 1. The van der Waals surface area contributed by atoms with Crippen LogP contribution >= 0.6 is 11.6 Å². The summed E-state index contributed by atoms with van der Waals surface area (Å²) in [7, 11) is 1.45. The number of halogens is 1. The number of ether oxygens (including phenoxy) is 2. The second-order valence-electron chi connectivity index (χ2n) is 4.74. The third kappa shape index (κ3) is 4.28. The normalized spacial score (nSPS) is 10.8. The Balaban J connectivity index is 2.36. The molecule has 24 heavy (non-hydrogen) atoms. The summed E-state index contributed by atoms with van der Waals surface area (Å²) in [6.07, 6.45) is 1.67. The SMILES string of the molecule is COc1cc(C=C(C#N)c2ccccc2Cl)ccc1OCC(=O)O. The number of hydrogen-bond donors (Lipinski definition) is 1. The van der Waals surface area contributed by atoms with Crippen molar-refractivity contribution in [2.45, 2.75) is 0 Å². The number of allylic oxidation sites excluding steroid dienone is 1. The van der Waals surface area contributed by atoms with Gasteiger partial charge in [0.25, 0.3) is 0 Å². The molecule has 0 saturated heterocycles. The van der Waals surface area contributed by atoms with Crippen molar-refractivity contribution in [3.8, 4) is 17.6 Å². The van der Waals surface area contributed by atoms with Gasteiger partial charge in [0.2, 0.25) is 0 Å². The highest BCUT2D eigenvalue weighted by molar-refractivity contribution is 6.32. The Morgan fingerprint density at radius 1 is 1.29 bits per heavy atom. The number of carbonyl (C=O) groups is 1. The molecule has 6 heteroatoms. The van der Waals surface area contributed by atoms with Crippen LogP contribution in [0.1, 0.15) is 11.1 Å². The van der Waals surface area contributed by atoms with E-state index in [9.17, 15) is 10.1 Å². The molecule has 122 valence electrons. The molecule has 2 aromatic carbocycles. The molecule has 0 amide bonds. The Kier molecular flexibility index (Phi) is 5.83. The predicted octanol–water partition coefficient (Wildman–Crippen LogP) is 3.88. The van der Waals surface area contributed by atoms with Crippen molar-refractivity contribution in [3.63, 3.8) is 0 Å². The van der Waals surface area contributed by atoms with E-state index < -0.39 is 12.6 Å². The highest BCUT2D eigenvalue weighted by atomic mass is 35.5. The smallest absolute Gasteiger partial charge is 0.341 e. The summed E-state index contributed by atoms with van der Waals surface area (Å²) < 4.78 is 10.4. The second-order valence-corrected chi connectivity index (χ2v) is 5.15. The van der Waals surface area contributed by atoms with Gasteiger partial charge in [-0.3, -0.25) is 0 Å². The molecule has 2 aromatic rings. The summed E-state index contributed by atoms with van der Waals surface area (Å²) in [4.78, 5) is 10.6. The molecule has 0 saturated carbocycles. The topological polar surface area (TPSA) is 79.5 Å². The molecule has 0 fully saturated rings. The molecule has 0 unspecified atom stereocenters. The fraction of sp³-hybridized carbons (Fsp3) is 0.111. The van der Waals surface area contributed by atoms with Crippen LogP contribution < -0.4 is 9.47 Å². The molecule has 0 atom stereocenters. The van der Waals surface area contributed by atoms with E-state index in [1.165, 1.54) is 7.11 Å². The van der Waals surface area contributed by atoms with Crippen molar-refractivity contribution in [1.82, 2.24) is 0 Å². The minimum absolute atomic E-state index is 0.313. The second kappa shape index (κ2) is 8.04. The van der Waals surface area contributed by atoms with E-state index in [-0.39, 0.29) is 0 Å². The van der Waals surface area contributed by atoms with E-state index in [4.69, 9.17) is 26.2 Å². The van der Waals surface area contributed by atoms with Crippen LogP contribution in [0.2, 0.25) is 5.02 Å². The van der Waals surface area contributed by atoms with Crippen LogP contribution in [0.25, 0.3) is 11.6 Å². The Morgan fingerprint density at radius 2 is 2.04 bits per heavy atom. The molecule has 0 aromatic heterocycles. The molecule has 5 nitrogen and oxygen atoms in total. The molecule has 2 rings (SSSR count). The lowest BCUT2D eigenvalue weighted by atomic mass is 10.0. The van der Waals surface area contributed by atoms with Crippen LogP contribution in [0.15, 0.2) is 42.5 Å². The van der Waals surface area contributed by atoms with Crippen LogP contribution in [0, 0.1) is 11.3 Å². The molecule has 0 heterocycles. The number of aliphatic carboxylic acids is 1. The highest BCUT2D eigenvalue weighted by Crippen LogP contribution is 2.31. The average molecular weight is 344 g/mol. The molecule has 1 N–H and O–H groups in total. The largest absolute Gasteiger partial charge is 0.493 e. The van der Waals surface area contributed by atoms with Gasteiger partial charge in [-0.25, -0.2) is 4.79 Å². The number of nitriles is 1. The van der Waals surface area contributed by atoms with Crippen molar-refractivity contribution in [2.75, 3.05) is 13.7 Å². The van der Waals surface area contributed by atoms with Crippen LogP contribution in [0.4, 0.5) is 0 Å². The first-order chi connectivity index (χ1) is 11.5. The lowest BCUT2D eigenvalue weighted by molar-refractivity contribution is -0.139. The van der Waals surface area contributed by atoms with E-state index in [2.05, 4.69) is 6.07 Å². The maximum Gasteiger partial charge on any atom is 0.341 e. The maximum absolute atomic E-state index is 10.6. The zero-order valence-electron chi connectivity index (χ0n) is 12.8. The minimum Gasteiger partial charge on any atom is -0.493 e. The Labute approximate surface area is 144 Å². The molecule has 0 spiro atoms. The summed E-state index contributed by atoms with van der Waals surface area (Å²) in [5.74, 6) is -0.388. The zero-order chi connectivity index (χ0) is 17.5. The summed E-state index contributed by atoms with van der Waals surface area (Å²) in [6.45, 7) is -0.464. The molecule has 0 radical (unpaired) electrons. The Hall–Kier alpha value is -2.97. The van der Waals surface area contributed by atoms with Crippen LogP contribution in [-0.4, -0.2) is 24.8 Å². The van der Waals surface area contributed by atoms with Gasteiger partial charge < -0.3 is 14.6 Å². The quantitative estimate of drug-likeness (QED) is 0.636. The predicted molar refractivity (Wildman–Crippen MR) is 91.1 cm³/mol. The van der Waals surface area contributed by atoms with Gasteiger partial charge in [0.05, 0.1) is 18.8 Å². The minimum atomic E-state index is -1.08. The van der Waals surface area contributed by atoms with E-state index in [1.807, 2.05) is 0 Å². The number of nitrogens with zero attached hydrogens (tertiary/aromatic N) is 1. The third-order valence-corrected chi connectivity index (χ3v) is 3.46. The first-order valence-electron chi connectivity index (χ1n) is 6.94. The van der Waals surface area contributed by atoms with Gasteiger partial charge in [-0.2, -0.15) is 5.26 Å². The molecular weight excluding hydrogens is 330 g/mol. The van der Waals surface area contributed by atoms with Gasteiger partial charge >= 0.3 is 5.97 Å². The Bertz CT molecular complexity index is 824. The molecule has 0 bridgehead atoms. The first-order valence-corrected chi connectivity index (χ1v) is 7.32. The Morgan fingerprint density at radius 3 is 2.67 bits per heavy atom. The van der Waals surface area contributed by atoms with Crippen LogP contribution in [-0.2, 0) is 4.79 Å². The summed E-state index contributed by atoms with van der Waals surface area (Å²) in [5, 5.41) is 18.6. The molecule has 0 aliphatic heterocycles. The van der Waals surface area contributed by atoms with Crippen LogP contribution in [0.3, 0.4) is 0 Å². The third-order valence-electron chi connectivity index (χ3n) is 3.13. The van der Waals surface area contributed by atoms with Gasteiger partial charge in [0.1, 0.15) is 0 Å². The van der Waals surface area contributed by atoms with Crippen molar-refractivity contribution in [2.24, 2.45) is 0 Å². The highest BCUT2D eigenvalue weighted by Gasteiger charge is 2.09. The first kappa shape index (κ1) is 17.4. The van der Waals surface area contributed by atoms with Gasteiger partial charge in [0.15, 0.2) is 18.1 Å². The van der Waals surface area contributed by atoms with E-state index >= 15 is 0 Å². The van der Waals surface area contributed by atoms with Gasteiger partial charge in [0, 0.05) is 10.6 Å². The van der Waals surface area contributed by atoms with E-state index in [1.54, 1.807) is 48.5 Å². The van der Waals surface area contributed by atoms with Crippen molar-refractivity contribution < 1.29 is 19.4 Å². The fourth-order valence-electron chi connectivity index (χ4n) is 2.05. The average Bonchev–Trinajstić information content (AvgIpc) is 2.58. The number of carboxylic acids is 1. The number of benzene rings is 2. The van der Waals surface area contributed by atoms with E-state index in [0.29, 0.717) is 33.2 Å². The zero-order valence-corrected chi connectivity index (χ0v) is 13.6. The fourth-order valence-corrected chi connectivity index (χ4v) is 2.29. The molecule has 0 aliphatic rings. The molecule has 0 aliphatic carbocycles. The number of methoxy groups -OCH3 is 1.